The van der Waals surface area contributed by atoms with Crippen molar-refractivity contribution in [1.29, 1.82) is 0 Å². The van der Waals surface area contributed by atoms with E-state index in [0.29, 0.717) is 18.2 Å². The van der Waals surface area contributed by atoms with Crippen LogP contribution in [0.3, 0.4) is 0 Å². The molecule has 0 amide bonds. The minimum absolute atomic E-state index is 0.311. The fourth-order valence-corrected chi connectivity index (χ4v) is 2.74. The van der Waals surface area contributed by atoms with Crippen LogP contribution >= 0.6 is 0 Å². The van der Waals surface area contributed by atoms with Gasteiger partial charge < -0.3 is 10.5 Å². The van der Waals surface area contributed by atoms with Crippen LogP contribution in [0.4, 0.5) is 0 Å². The van der Waals surface area contributed by atoms with E-state index < -0.39 is 0 Å². The lowest BCUT2D eigenvalue weighted by Gasteiger charge is -2.33. The Morgan fingerprint density at radius 1 is 0.786 bits per heavy atom. The van der Waals surface area contributed by atoms with Gasteiger partial charge in [0.25, 0.3) is 0 Å². The number of ether oxygens (including phenoxy) is 1. The van der Waals surface area contributed by atoms with Crippen LogP contribution in [0.15, 0.2) is 0 Å². The summed E-state index contributed by atoms with van der Waals surface area (Å²) in [5.41, 5.74) is 6.07. The zero-order valence-corrected chi connectivity index (χ0v) is 9.08. The van der Waals surface area contributed by atoms with Crippen molar-refractivity contribution in [2.24, 2.45) is 5.73 Å². The molecule has 2 heteroatoms. The molecule has 2 N–H and O–H groups in total. The van der Waals surface area contributed by atoms with Gasteiger partial charge in [0.05, 0.1) is 12.2 Å². The van der Waals surface area contributed by atoms with Gasteiger partial charge in [0.15, 0.2) is 0 Å². The summed E-state index contributed by atoms with van der Waals surface area (Å²) in [4.78, 5) is 0. The standard InChI is InChI=1S/C12H23NO/c13-11-8-4-5-9-12(11)14-10-6-2-1-3-7-10/h10-12H,1-9,13H2/t11-,12+/m0/s1. The highest BCUT2D eigenvalue weighted by molar-refractivity contribution is 4.80. The van der Waals surface area contributed by atoms with Crippen LogP contribution in [0.25, 0.3) is 0 Å². The molecule has 2 saturated carbocycles. The Morgan fingerprint density at radius 3 is 2.14 bits per heavy atom. The first kappa shape index (κ1) is 10.4. The lowest BCUT2D eigenvalue weighted by molar-refractivity contribution is -0.0538. The van der Waals surface area contributed by atoms with E-state index in [2.05, 4.69) is 0 Å². The van der Waals surface area contributed by atoms with Gasteiger partial charge in [0.1, 0.15) is 0 Å². The average molecular weight is 197 g/mol. The molecule has 2 aliphatic rings. The third kappa shape index (κ3) is 2.71. The van der Waals surface area contributed by atoms with Crippen molar-refractivity contribution in [2.75, 3.05) is 0 Å². The maximum atomic E-state index is 6.12. The van der Waals surface area contributed by atoms with Crippen LogP contribution in [0.2, 0.25) is 0 Å². The summed E-state index contributed by atoms with van der Waals surface area (Å²) < 4.78 is 6.12. The highest BCUT2D eigenvalue weighted by atomic mass is 16.5. The second kappa shape index (κ2) is 5.13. The molecular formula is C12H23NO. The molecule has 0 radical (unpaired) electrons. The first-order valence-electron chi connectivity index (χ1n) is 6.27. The molecule has 0 aromatic rings. The van der Waals surface area contributed by atoms with Crippen LogP contribution < -0.4 is 5.73 Å². The van der Waals surface area contributed by atoms with Crippen LogP contribution in [0.1, 0.15) is 57.8 Å². The van der Waals surface area contributed by atoms with Gasteiger partial charge in [0, 0.05) is 6.04 Å². The molecule has 0 unspecified atom stereocenters. The Morgan fingerprint density at radius 2 is 1.43 bits per heavy atom. The van der Waals surface area contributed by atoms with E-state index in [9.17, 15) is 0 Å². The van der Waals surface area contributed by atoms with E-state index in [1.807, 2.05) is 0 Å². The highest BCUT2D eigenvalue weighted by Gasteiger charge is 2.26. The fraction of sp³-hybridized carbons (Fsp3) is 1.00. The quantitative estimate of drug-likeness (QED) is 0.738. The fourth-order valence-electron chi connectivity index (χ4n) is 2.74. The van der Waals surface area contributed by atoms with E-state index in [1.165, 1.54) is 51.4 Å². The molecule has 2 nitrogen and oxygen atoms in total. The molecule has 82 valence electrons. The third-order valence-electron chi connectivity index (χ3n) is 3.67. The summed E-state index contributed by atoms with van der Waals surface area (Å²) in [7, 11) is 0. The van der Waals surface area contributed by atoms with Crippen molar-refractivity contribution >= 4 is 0 Å². The zero-order valence-electron chi connectivity index (χ0n) is 9.08. The molecule has 0 saturated heterocycles. The van der Waals surface area contributed by atoms with Gasteiger partial charge in [-0.1, -0.05) is 32.1 Å². The largest absolute Gasteiger partial charge is 0.373 e. The Hall–Kier alpha value is -0.0800. The minimum Gasteiger partial charge on any atom is -0.373 e. The molecule has 14 heavy (non-hydrogen) atoms. The van der Waals surface area contributed by atoms with Gasteiger partial charge in [-0.3, -0.25) is 0 Å². The van der Waals surface area contributed by atoms with Crippen molar-refractivity contribution in [3.05, 3.63) is 0 Å². The van der Waals surface area contributed by atoms with E-state index in [0.717, 1.165) is 6.42 Å². The van der Waals surface area contributed by atoms with E-state index in [4.69, 9.17) is 10.5 Å². The van der Waals surface area contributed by atoms with Gasteiger partial charge >= 0.3 is 0 Å². The maximum absolute atomic E-state index is 6.12. The number of rotatable bonds is 2. The van der Waals surface area contributed by atoms with Crippen LogP contribution in [0, 0.1) is 0 Å². The van der Waals surface area contributed by atoms with Gasteiger partial charge in [-0.2, -0.15) is 0 Å². The van der Waals surface area contributed by atoms with Gasteiger partial charge in [0.2, 0.25) is 0 Å². The van der Waals surface area contributed by atoms with Gasteiger partial charge in [-0.05, 0) is 25.7 Å². The van der Waals surface area contributed by atoms with Crippen molar-refractivity contribution in [2.45, 2.75) is 76.0 Å². The molecular weight excluding hydrogens is 174 g/mol. The van der Waals surface area contributed by atoms with Crippen molar-refractivity contribution < 1.29 is 4.74 Å². The first-order valence-corrected chi connectivity index (χ1v) is 6.27. The summed E-state index contributed by atoms with van der Waals surface area (Å²) in [6.07, 6.45) is 12.5. The number of hydrogen-bond acceptors (Lipinski definition) is 2. The molecule has 2 aliphatic carbocycles. The van der Waals surface area contributed by atoms with Crippen LogP contribution in [-0.4, -0.2) is 18.2 Å². The topological polar surface area (TPSA) is 35.2 Å². The van der Waals surface area contributed by atoms with E-state index in [1.54, 1.807) is 0 Å². The van der Waals surface area contributed by atoms with Crippen LogP contribution in [-0.2, 0) is 4.74 Å². The Kier molecular flexibility index (Phi) is 3.82. The summed E-state index contributed by atoms with van der Waals surface area (Å²) in [5.74, 6) is 0. The first-order chi connectivity index (χ1) is 6.86. The maximum Gasteiger partial charge on any atom is 0.0729 e. The van der Waals surface area contributed by atoms with E-state index >= 15 is 0 Å². The summed E-state index contributed by atoms with van der Waals surface area (Å²) >= 11 is 0. The molecule has 2 fully saturated rings. The zero-order chi connectivity index (χ0) is 9.80. The monoisotopic (exact) mass is 197 g/mol. The molecule has 0 spiro atoms. The van der Waals surface area contributed by atoms with Gasteiger partial charge in [-0.25, -0.2) is 0 Å². The molecule has 0 aliphatic heterocycles. The van der Waals surface area contributed by atoms with Crippen molar-refractivity contribution in [3.8, 4) is 0 Å². The van der Waals surface area contributed by atoms with Crippen LogP contribution in [0.5, 0.6) is 0 Å². The number of nitrogens with two attached hydrogens (primary N) is 1. The Bertz CT molecular complexity index is 166. The Balaban J connectivity index is 1.76. The molecule has 0 aromatic carbocycles. The average Bonchev–Trinajstić information content (AvgIpc) is 2.23. The van der Waals surface area contributed by atoms with Gasteiger partial charge in [-0.15, -0.1) is 0 Å². The minimum atomic E-state index is 0.311. The molecule has 2 atom stereocenters. The predicted molar refractivity (Wildman–Crippen MR) is 58.2 cm³/mol. The molecule has 0 heterocycles. The smallest absolute Gasteiger partial charge is 0.0729 e. The van der Waals surface area contributed by atoms with Crippen molar-refractivity contribution in [3.63, 3.8) is 0 Å². The summed E-state index contributed by atoms with van der Waals surface area (Å²) in [5, 5.41) is 0. The SMILES string of the molecule is N[C@H]1CCCC[C@H]1OC1CCCCC1. The molecule has 0 aromatic heterocycles. The summed E-state index contributed by atoms with van der Waals surface area (Å²) in [6.45, 7) is 0. The Labute approximate surface area is 87.2 Å². The lowest BCUT2D eigenvalue weighted by Crippen LogP contribution is -2.41. The second-order valence-corrected chi connectivity index (χ2v) is 4.88. The third-order valence-corrected chi connectivity index (χ3v) is 3.67. The number of hydrogen-bond donors (Lipinski definition) is 1. The lowest BCUT2D eigenvalue weighted by atomic mass is 9.92. The van der Waals surface area contributed by atoms with Crippen molar-refractivity contribution in [1.82, 2.24) is 0 Å². The second-order valence-electron chi connectivity index (χ2n) is 4.88. The molecule has 0 bridgehead atoms. The predicted octanol–water partition coefficient (Wildman–Crippen LogP) is 2.61. The normalized spacial score (nSPS) is 35.8. The molecule has 2 rings (SSSR count). The highest BCUT2D eigenvalue weighted by Crippen LogP contribution is 2.26. The van der Waals surface area contributed by atoms with E-state index in [-0.39, 0.29) is 0 Å². The summed E-state index contributed by atoms with van der Waals surface area (Å²) in [6, 6.07) is 0.311.